The average Bonchev–Trinajstić information content (AvgIpc) is 3.89. The summed E-state index contributed by atoms with van der Waals surface area (Å²) in [4.78, 5) is 4.54. The van der Waals surface area contributed by atoms with E-state index in [1.165, 1.54) is 26.7 Å². The van der Waals surface area contributed by atoms with Crippen LogP contribution < -0.4 is 0 Å². The summed E-state index contributed by atoms with van der Waals surface area (Å²) < 4.78 is 1.42. The number of rotatable bonds is 14. The number of hydrogen-bond acceptors (Lipinski definition) is 2. The lowest BCUT2D eigenvalue weighted by molar-refractivity contribution is 0.838. The molecule has 7 heteroatoms. The van der Waals surface area contributed by atoms with E-state index < -0.39 is 32.3 Å². The largest absolute Gasteiger partial charge is 0.146 e. The van der Waals surface area contributed by atoms with Gasteiger partial charge in [0.2, 0.25) is 0 Å². The normalized spacial score (nSPS) is 12.2. The van der Waals surface area contributed by atoms with Crippen LogP contribution in [0.5, 0.6) is 0 Å². The highest BCUT2D eigenvalue weighted by Gasteiger charge is 2.42. The topological polar surface area (TPSA) is 0 Å². The van der Waals surface area contributed by atoms with Crippen LogP contribution in [0, 0.1) is 70.0 Å². The molecule has 0 saturated carbocycles. The minimum atomic E-state index is -1.71. The van der Waals surface area contributed by atoms with E-state index in [1.54, 1.807) is 22.7 Å². The van der Waals surface area contributed by atoms with Gasteiger partial charge in [0.15, 0.2) is 0 Å². The van der Waals surface area contributed by atoms with Gasteiger partial charge in [0.25, 0.3) is 0 Å². The Morgan fingerprint density at radius 2 is 0.735 bits per heavy atom. The fourth-order valence-electron chi connectivity index (χ4n) is 8.65. The first-order valence-corrected chi connectivity index (χ1v) is 39.7. The first-order chi connectivity index (χ1) is 31.1. The lowest BCUT2D eigenvalue weighted by Crippen LogP contribution is -2.43. The minimum Gasteiger partial charge on any atom is -0.135 e. The second-order valence-electron chi connectivity index (χ2n) is 21.9. The maximum absolute atomic E-state index is 5.12. The first-order valence-electron chi connectivity index (χ1n) is 25.5. The molecule has 0 radical (unpaired) electrons. The predicted octanol–water partition coefficient (Wildman–Crippen LogP) is 20.5. The molecule has 0 amide bonds. The zero-order valence-corrected chi connectivity index (χ0v) is 54.5. The number of thiophene rings is 2. The molecule has 0 spiro atoms. The second kappa shape index (κ2) is 33.5. The molecule has 68 heavy (non-hydrogen) atoms. The van der Waals surface area contributed by atoms with Crippen LogP contribution in [0.15, 0.2) is 44.6 Å². The quantitative estimate of drug-likeness (QED) is 0.100. The summed E-state index contributed by atoms with van der Waals surface area (Å²) in [6.07, 6.45) is 13.9. The Hall–Kier alpha value is -2.16. The van der Waals surface area contributed by atoms with Gasteiger partial charge in [-0.3, -0.25) is 0 Å². The van der Waals surface area contributed by atoms with E-state index in [2.05, 4.69) is 261 Å². The Morgan fingerprint density at radius 1 is 0.456 bits per heavy atom. The van der Waals surface area contributed by atoms with Crippen LogP contribution in [0.3, 0.4) is 0 Å². The summed E-state index contributed by atoms with van der Waals surface area (Å²) in [7, 11) is -5.89. The van der Waals surface area contributed by atoms with Gasteiger partial charge in [-0.2, -0.15) is 0 Å². The molecule has 376 valence electrons. The van der Waals surface area contributed by atoms with Crippen molar-refractivity contribution in [3.05, 3.63) is 64.1 Å². The summed E-state index contributed by atoms with van der Waals surface area (Å²) >= 11 is 5.96. The Morgan fingerprint density at radius 3 is 1.01 bits per heavy atom. The third-order valence-electron chi connectivity index (χ3n) is 12.1. The van der Waals surface area contributed by atoms with Gasteiger partial charge in [-0.25, -0.2) is 0 Å². The zero-order chi connectivity index (χ0) is 51.8. The Labute approximate surface area is 450 Å². The fourth-order valence-corrected chi connectivity index (χ4v) is 22.2. The average molecular weight is 1130 g/mol. The van der Waals surface area contributed by atoms with Gasteiger partial charge in [-0.15, -0.1) is 51.3 Å². The minimum absolute atomic E-state index is 0. The van der Waals surface area contributed by atoms with Crippen molar-refractivity contribution in [3.63, 3.8) is 0 Å². The Bertz CT molecular complexity index is 2200. The smallest absolute Gasteiger partial charge is 0.135 e. The molecule has 2 aromatic rings. The van der Waals surface area contributed by atoms with E-state index in [0.717, 1.165) is 64.5 Å². The molecule has 2 rings (SSSR count). The van der Waals surface area contributed by atoms with Crippen molar-refractivity contribution < 1.29 is 0 Å². The van der Waals surface area contributed by atoms with Crippen molar-refractivity contribution in [2.45, 2.75) is 242 Å². The molecule has 0 aliphatic carbocycles. The van der Waals surface area contributed by atoms with Gasteiger partial charge in [0, 0.05) is 20.3 Å². The highest BCUT2D eigenvalue weighted by molar-refractivity contribution is 14.1. The van der Waals surface area contributed by atoms with Gasteiger partial charge >= 0.3 is 0 Å². The van der Waals surface area contributed by atoms with Crippen molar-refractivity contribution in [2.75, 3.05) is 0 Å². The molecule has 2 aromatic heterocycles. The molecule has 0 N–H and O–H groups in total. The molecule has 0 bridgehead atoms. The zero-order valence-electron chi connectivity index (χ0n) is 46.7. The number of halogens is 1. The molecule has 0 aliphatic heterocycles. The second-order valence-corrected chi connectivity index (χ2v) is 46.0. The summed E-state index contributed by atoms with van der Waals surface area (Å²) in [6.45, 7) is 50.7. The molecule has 0 aromatic carbocycles. The van der Waals surface area contributed by atoms with Gasteiger partial charge in [-0.1, -0.05) is 225 Å². The van der Waals surface area contributed by atoms with Crippen LogP contribution in [0.25, 0.3) is 0 Å². The van der Waals surface area contributed by atoms with Crippen LogP contribution in [-0.4, -0.2) is 32.3 Å². The van der Waals surface area contributed by atoms with E-state index in [0.29, 0.717) is 33.2 Å². The lowest BCUT2D eigenvalue weighted by atomic mass is 10.0. The molecular weight excluding hydrogens is 1040 g/mol. The monoisotopic (exact) mass is 1130 g/mol. The molecule has 0 atom stereocenters. The summed E-state index contributed by atoms with van der Waals surface area (Å²) in [6, 6.07) is 8.59. The molecule has 0 nitrogen and oxygen atoms in total. The molecule has 0 saturated heterocycles. The fraction of sp³-hybridized carbons (Fsp3) is 0.607. The highest BCUT2D eigenvalue weighted by Crippen LogP contribution is 2.42. The van der Waals surface area contributed by atoms with Crippen molar-refractivity contribution in [1.29, 1.82) is 0 Å². The molecular formula is C61H97IS2Si4. The van der Waals surface area contributed by atoms with Crippen molar-refractivity contribution in [3.8, 4) is 70.0 Å². The van der Waals surface area contributed by atoms with E-state index in [9.17, 15) is 0 Å². The van der Waals surface area contributed by atoms with Crippen LogP contribution >= 0.6 is 45.3 Å². The number of hydrogen-bond donors (Lipinski definition) is 0. The van der Waals surface area contributed by atoms with E-state index in [4.69, 9.17) is 6.42 Å². The standard InChI is InChI=1S/C30H46SSi2.C25H37ISSi.C5H10Si.CH4/c1-12-14-27(28(15-13-2)20-22-32(9,10)11)16-17-29-18-19-30(31-29)21-23-33(24(3)4,25(5)6)26(7)8;1-9-11-22(25(26)12-10-2)13-14-23-15-16-24(27-23)17-18-28(19(3)4,20(5)6)21(7)8;1-5-6(2,3)4;/h18-19,24-26H,12-15H2,1-11H3;15-16,19-21H,9-12H2,1-8H3;1H,2-4H3;1H4/b28-27+;25-22+;;. The van der Waals surface area contributed by atoms with E-state index >= 15 is 0 Å². The van der Waals surface area contributed by atoms with Gasteiger partial charge in [-0.05, 0) is 106 Å². The third kappa shape index (κ3) is 23.8. The molecule has 0 aliphatic rings. The van der Waals surface area contributed by atoms with Crippen molar-refractivity contribution >= 4 is 77.6 Å². The van der Waals surface area contributed by atoms with Crippen LogP contribution in [0.2, 0.25) is 72.5 Å². The molecule has 0 fully saturated rings. The van der Waals surface area contributed by atoms with Crippen molar-refractivity contribution in [1.82, 2.24) is 0 Å². The molecule has 0 unspecified atom stereocenters. The van der Waals surface area contributed by atoms with Gasteiger partial charge in [0.1, 0.15) is 32.3 Å². The van der Waals surface area contributed by atoms with Gasteiger partial charge in [0.05, 0.1) is 19.5 Å². The van der Waals surface area contributed by atoms with Crippen LogP contribution in [0.4, 0.5) is 0 Å². The third-order valence-corrected chi connectivity index (χ3v) is 29.4. The van der Waals surface area contributed by atoms with Gasteiger partial charge < -0.3 is 0 Å². The summed E-state index contributed by atoms with van der Waals surface area (Å²) in [5, 5.41) is 0. The predicted molar refractivity (Wildman–Crippen MR) is 336 cm³/mol. The maximum Gasteiger partial charge on any atom is 0.146 e. The Kier molecular flexibility index (Phi) is 33.4. The van der Waals surface area contributed by atoms with Crippen molar-refractivity contribution in [2.24, 2.45) is 0 Å². The summed E-state index contributed by atoms with van der Waals surface area (Å²) in [5.41, 5.74) is 21.7. The Balaban J connectivity index is 0. The van der Waals surface area contributed by atoms with Crippen LogP contribution in [0.1, 0.15) is 189 Å². The number of allylic oxidation sites excluding steroid dienone is 4. The SMILES string of the molecule is C.C#C[Si](C)(C)C.CCC/C(C#Cc1ccc(C#C[Si](C(C)C)(C(C)C)C(C)C)s1)=C(\C#C[Si](C)(C)C)CCC.CCC/C(I)=C(\C#Cc1ccc(C#C[Si](C(C)C)(C(C)C)C(C)C)s1)CCC. The van der Waals surface area contributed by atoms with E-state index in [1.807, 2.05) is 0 Å². The molecule has 2 heterocycles. The first kappa shape index (κ1) is 67.9. The maximum atomic E-state index is 5.12. The summed E-state index contributed by atoms with van der Waals surface area (Å²) in [5.74, 6) is 24.5. The highest BCUT2D eigenvalue weighted by atomic mass is 127. The van der Waals surface area contributed by atoms with E-state index in [-0.39, 0.29) is 7.43 Å². The lowest BCUT2D eigenvalue weighted by Gasteiger charge is -2.38. The number of terminal acetylenes is 1. The van der Waals surface area contributed by atoms with Crippen LogP contribution in [-0.2, 0) is 0 Å².